The Kier molecular flexibility index (Phi) is 2.73. The van der Waals surface area contributed by atoms with Gasteiger partial charge in [-0.2, -0.15) is 4.98 Å². The van der Waals surface area contributed by atoms with Crippen molar-refractivity contribution in [2.75, 3.05) is 5.73 Å². The fourth-order valence-electron chi connectivity index (χ4n) is 2.68. The van der Waals surface area contributed by atoms with Gasteiger partial charge in [-0.05, 0) is 19.8 Å². The van der Waals surface area contributed by atoms with Gasteiger partial charge in [0.05, 0.1) is 0 Å². The van der Waals surface area contributed by atoms with Crippen molar-refractivity contribution in [2.45, 2.75) is 45.1 Å². The molecule has 3 N–H and O–H groups in total. The zero-order chi connectivity index (χ0) is 12.5. The molecule has 0 unspecified atom stereocenters. The van der Waals surface area contributed by atoms with E-state index < -0.39 is 0 Å². The lowest BCUT2D eigenvalue weighted by Gasteiger charge is -2.24. The quantitative estimate of drug-likeness (QED) is 0.837. The van der Waals surface area contributed by atoms with Crippen molar-refractivity contribution in [3.8, 4) is 11.6 Å². The fraction of sp³-hybridized carbons (Fsp3) is 0.636. The summed E-state index contributed by atoms with van der Waals surface area (Å²) in [5.74, 6) is 2.50. The van der Waals surface area contributed by atoms with E-state index in [2.05, 4.69) is 29.9 Å². The van der Waals surface area contributed by atoms with Crippen LogP contribution in [-0.2, 0) is 0 Å². The Morgan fingerprint density at radius 3 is 2.67 bits per heavy atom. The molecule has 18 heavy (non-hydrogen) atoms. The molecule has 0 aliphatic heterocycles. The minimum Gasteiger partial charge on any atom is -0.366 e. The first-order valence-electron chi connectivity index (χ1n) is 6.35. The van der Waals surface area contributed by atoms with Crippen LogP contribution in [0.5, 0.6) is 0 Å². The van der Waals surface area contributed by atoms with Crippen molar-refractivity contribution in [1.29, 1.82) is 0 Å². The Labute approximate surface area is 105 Å². The van der Waals surface area contributed by atoms with Crippen molar-refractivity contribution in [3.05, 3.63) is 5.82 Å². The lowest BCUT2D eigenvalue weighted by Crippen LogP contribution is -2.15. The van der Waals surface area contributed by atoms with Gasteiger partial charge < -0.3 is 10.3 Å². The molecule has 2 aromatic heterocycles. The third-order valence-corrected chi connectivity index (χ3v) is 3.52. The summed E-state index contributed by atoms with van der Waals surface area (Å²) in [6.45, 7) is 1.98. The number of rotatable bonds is 2. The van der Waals surface area contributed by atoms with E-state index in [1.807, 2.05) is 6.92 Å². The van der Waals surface area contributed by atoms with Gasteiger partial charge in [0.15, 0.2) is 5.82 Å². The van der Waals surface area contributed by atoms with Gasteiger partial charge in [-0.3, -0.25) is 5.10 Å². The lowest BCUT2D eigenvalue weighted by molar-refractivity contribution is 0.350. The largest absolute Gasteiger partial charge is 0.366 e. The summed E-state index contributed by atoms with van der Waals surface area (Å²) >= 11 is 0. The second-order valence-electron chi connectivity index (χ2n) is 4.77. The van der Waals surface area contributed by atoms with Crippen LogP contribution in [-0.4, -0.2) is 29.9 Å². The molecule has 7 heteroatoms. The van der Waals surface area contributed by atoms with Crippen LogP contribution in [0, 0.1) is 6.92 Å². The average molecular weight is 247 g/mol. The van der Waals surface area contributed by atoms with Crippen molar-refractivity contribution < 1.29 is 0 Å². The number of aromatic amines is 1. The monoisotopic (exact) mass is 247 g/mol. The number of aryl methyl sites for hydroxylation is 1. The number of anilines is 1. The summed E-state index contributed by atoms with van der Waals surface area (Å²) in [5, 5.41) is 15.0. The number of nitrogen functional groups attached to an aromatic ring is 1. The van der Waals surface area contributed by atoms with Gasteiger partial charge >= 0.3 is 0 Å². The predicted octanol–water partition coefficient (Wildman–Crippen LogP) is 1.46. The third kappa shape index (κ3) is 1.85. The second kappa shape index (κ2) is 4.40. The zero-order valence-corrected chi connectivity index (χ0v) is 10.4. The van der Waals surface area contributed by atoms with E-state index in [0.29, 0.717) is 11.9 Å². The maximum absolute atomic E-state index is 5.54. The fourth-order valence-corrected chi connectivity index (χ4v) is 2.68. The highest BCUT2D eigenvalue weighted by molar-refractivity contribution is 5.45. The summed E-state index contributed by atoms with van der Waals surface area (Å²) in [4.78, 5) is 4.14. The highest BCUT2D eigenvalue weighted by Gasteiger charge is 2.23. The summed E-state index contributed by atoms with van der Waals surface area (Å²) in [6, 6.07) is 0.468. The van der Waals surface area contributed by atoms with Crippen LogP contribution in [0.3, 0.4) is 0 Å². The summed E-state index contributed by atoms with van der Waals surface area (Å²) in [7, 11) is 0. The normalized spacial score (nSPS) is 17.2. The van der Waals surface area contributed by atoms with Gasteiger partial charge in [-0.25, -0.2) is 0 Å². The van der Waals surface area contributed by atoms with Crippen molar-refractivity contribution >= 4 is 5.95 Å². The number of nitrogens with zero attached hydrogens (tertiary/aromatic N) is 5. The minimum atomic E-state index is 0.237. The number of hydrogen-bond acceptors (Lipinski definition) is 5. The van der Waals surface area contributed by atoms with Gasteiger partial charge in [-0.15, -0.1) is 15.3 Å². The molecule has 0 radical (unpaired) electrons. The van der Waals surface area contributed by atoms with Crippen molar-refractivity contribution in [1.82, 2.24) is 29.9 Å². The zero-order valence-electron chi connectivity index (χ0n) is 10.4. The molecule has 0 atom stereocenters. The molecule has 1 saturated carbocycles. The number of nitrogens with two attached hydrogens (primary N) is 1. The summed E-state index contributed by atoms with van der Waals surface area (Å²) in [6.07, 6.45) is 6.20. The number of aromatic nitrogens is 6. The van der Waals surface area contributed by atoms with Crippen LogP contribution in [0.2, 0.25) is 0 Å². The van der Waals surface area contributed by atoms with Gasteiger partial charge in [0, 0.05) is 6.04 Å². The van der Waals surface area contributed by atoms with E-state index in [4.69, 9.17) is 5.73 Å². The summed E-state index contributed by atoms with van der Waals surface area (Å²) in [5.41, 5.74) is 5.54. The first-order chi connectivity index (χ1) is 8.75. The number of hydrogen-bond donors (Lipinski definition) is 2. The SMILES string of the molecule is Cc1nnc(-c2nc(N)n[nH]2)n1C1CCCCC1. The van der Waals surface area contributed by atoms with E-state index in [0.717, 1.165) is 11.6 Å². The Balaban J connectivity index is 2.00. The first-order valence-corrected chi connectivity index (χ1v) is 6.35. The maximum atomic E-state index is 5.54. The summed E-state index contributed by atoms with van der Waals surface area (Å²) < 4.78 is 2.17. The molecule has 0 amide bonds. The minimum absolute atomic E-state index is 0.237. The molecule has 2 aromatic rings. The molecule has 2 heterocycles. The Morgan fingerprint density at radius 1 is 1.22 bits per heavy atom. The van der Waals surface area contributed by atoms with Gasteiger partial charge in [0.25, 0.3) is 0 Å². The molecule has 0 aromatic carbocycles. The van der Waals surface area contributed by atoms with E-state index in [1.54, 1.807) is 0 Å². The molecule has 0 saturated heterocycles. The second-order valence-corrected chi connectivity index (χ2v) is 4.77. The molecule has 0 spiro atoms. The van der Waals surface area contributed by atoms with E-state index in [1.165, 1.54) is 32.1 Å². The predicted molar refractivity (Wildman–Crippen MR) is 66.7 cm³/mol. The number of nitrogens with one attached hydrogen (secondary N) is 1. The van der Waals surface area contributed by atoms with Gasteiger partial charge in [-0.1, -0.05) is 19.3 Å². The molecule has 1 fully saturated rings. The highest BCUT2D eigenvalue weighted by atomic mass is 15.3. The standard InChI is InChI=1S/C11H17N7/c1-7-14-16-10(9-13-11(12)17-15-9)18(7)8-5-3-2-4-6-8/h8H,2-6H2,1H3,(H3,12,13,15,17). The van der Waals surface area contributed by atoms with Crippen molar-refractivity contribution in [3.63, 3.8) is 0 Å². The third-order valence-electron chi connectivity index (χ3n) is 3.52. The average Bonchev–Trinajstić information content (AvgIpc) is 2.96. The van der Waals surface area contributed by atoms with E-state index in [9.17, 15) is 0 Å². The number of H-pyrrole nitrogens is 1. The van der Waals surface area contributed by atoms with Crippen LogP contribution in [0.1, 0.15) is 44.0 Å². The van der Waals surface area contributed by atoms with E-state index >= 15 is 0 Å². The van der Waals surface area contributed by atoms with E-state index in [-0.39, 0.29) is 5.95 Å². The molecule has 96 valence electrons. The smallest absolute Gasteiger partial charge is 0.239 e. The van der Waals surface area contributed by atoms with Crippen LogP contribution >= 0.6 is 0 Å². The molecular weight excluding hydrogens is 230 g/mol. The molecule has 7 nitrogen and oxygen atoms in total. The highest BCUT2D eigenvalue weighted by Crippen LogP contribution is 2.31. The lowest BCUT2D eigenvalue weighted by atomic mass is 9.95. The Hall–Kier alpha value is -1.92. The molecule has 0 bridgehead atoms. The molecular formula is C11H17N7. The van der Waals surface area contributed by atoms with Gasteiger partial charge in [0.2, 0.25) is 11.8 Å². The molecule has 3 rings (SSSR count). The van der Waals surface area contributed by atoms with Gasteiger partial charge in [0.1, 0.15) is 5.82 Å². The Bertz CT molecular complexity index is 535. The van der Waals surface area contributed by atoms with Crippen LogP contribution < -0.4 is 5.73 Å². The molecule has 1 aliphatic rings. The van der Waals surface area contributed by atoms with Crippen LogP contribution in [0.15, 0.2) is 0 Å². The topological polar surface area (TPSA) is 98.3 Å². The molecule has 1 aliphatic carbocycles. The van der Waals surface area contributed by atoms with Crippen LogP contribution in [0.4, 0.5) is 5.95 Å². The Morgan fingerprint density at radius 2 is 2.00 bits per heavy atom. The van der Waals surface area contributed by atoms with Crippen LogP contribution in [0.25, 0.3) is 11.6 Å². The van der Waals surface area contributed by atoms with Crippen molar-refractivity contribution in [2.24, 2.45) is 0 Å². The first kappa shape index (κ1) is 11.2. The maximum Gasteiger partial charge on any atom is 0.239 e.